The number of aryl methyl sites for hydroxylation is 1. The SMILES string of the molecule is CC.Cn1ncc2cc(C3=NCCNC3=O)ccc21. The highest BCUT2D eigenvalue weighted by Crippen LogP contribution is 2.16. The summed E-state index contributed by atoms with van der Waals surface area (Å²) < 4.78 is 1.81. The molecular weight excluding hydrogens is 240 g/mol. The Morgan fingerprint density at radius 3 is 2.84 bits per heavy atom. The molecule has 19 heavy (non-hydrogen) atoms. The molecule has 0 unspecified atom stereocenters. The van der Waals surface area contributed by atoms with Crippen LogP contribution in [0.1, 0.15) is 19.4 Å². The lowest BCUT2D eigenvalue weighted by Gasteiger charge is -2.12. The topological polar surface area (TPSA) is 59.3 Å². The first-order valence-electron chi connectivity index (χ1n) is 6.50. The lowest BCUT2D eigenvalue weighted by atomic mass is 10.1. The maximum atomic E-state index is 11.7. The van der Waals surface area contributed by atoms with Crippen LogP contribution in [0.3, 0.4) is 0 Å². The number of aromatic nitrogens is 2. The molecule has 0 radical (unpaired) electrons. The quantitative estimate of drug-likeness (QED) is 0.843. The van der Waals surface area contributed by atoms with Crippen molar-refractivity contribution in [3.63, 3.8) is 0 Å². The van der Waals surface area contributed by atoms with Crippen molar-refractivity contribution in [3.05, 3.63) is 30.0 Å². The summed E-state index contributed by atoms with van der Waals surface area (Å²) in [5.74, 6) is -0.0977. The molecule has 0 saturated carbocycles. The molecule has 1 amide bonds. The number of amides is 1. The van der Waals surface area contributed by atoms with E-state index in [9.17, 15) is 4.79 Å². The Hall–Kier alpha value is -2.17. The Balaban J connectivity index is 0.000000637. The number of carbonyl (C=O) groups excluding carboxylic acids is 1. The first kappa shape index (κ1) is 13.3. The minimum Gasteiger partial charge on any atom is -0.349 e. The monoisotopic (exact) mass is 258 g/mol. The second-order valence-electron chi connectivity index (χ2n) is 4.03. The highest BCUT2D eigenvalue weighted by molar-refractivity contribution is 6.45. The van der Waals surface area contributed by atoms with E-state index in [0.29, 0.717) is 18.8 Å². The van der Waals surface area contributed by atoms with E-state index >= 15 is 0 Å². The van der Waals surface area contributed by atoms with Gasteiger partial charge in [0.1, 0.15) is 5.71 Å². The van der Waals surface area contributed by atoms with Crippen molar-refractivity contribution in [3.8, 4) is 0 Å². The van der Waals surface area contributed by atoms with Gasteiger partial charge in [-0.1, -0.05) is 19.9 Å². The Kier molecular flexibility index (Phi) is 3.94. The van der Waals surface area contributed by atoms with E-state index < -0.39 is 0 Å². The zero-order valence-electron chi connectivity index (χ0n) is 11.5. The lowest BCUT2D eigenvalue weighted by Crippen LogP contribution is -2.37. The Morgan fingerprint density at radius 1 is 1.32 bits per heavy atom. The lowest BCUT2D eigenvalue weighted by molar-refractivity contribution is -0.114. The molecule has 2 aromatic rings. The summed E-state index contributed by atoms with van der Waals surface area (Å²) in [7, 11) is 1.90. The summed E-state index contributed by atoms with van der Waals surface area (Å²) >= 11 is 0. The summed E-state index contributed by atoms with van der Waals surface area (Å²) in [6.07, 6.45) is 1.79. The number of hydrogen-bond donors (Lipinski definition) is 1. The third-order valence-corrected chi connectivity index (χ3v) is 2.90. The molecule has 5 heteroatoms. The van der Waals surface area contributed by atoms with Gasteiger partial charge in [0, 0.05) is 24.5 Å². The molecule has 3 rings (SSSR count). The second kappa shape index (κ2) is 5.65. The molecule has 0 aliphatic carbocycles. The van der Waals surface area contributed by atoms with Crippen molar-refractivity contribution in [2.45, 2.75) is 13.8 Å². The van der Waals surface area contributed by atoms with Crippen LogP contribution < -0.4 is 5.32 Å². The maximum absolute atomic E-state index is 11.7. The van der Waals surface area contributed by atoms with Gasteiger partial charge in [0.25, 0.3) is 5.91 Å². The van der Waals surface area contributed by atoms with Crippen molar-refractivity contribution in [2.75, 3.05) is 13.1 Å². The molecule has 1 aromatic heterocycles. The van der Waals surface area contributed by atoms with Gasteiger partial charge in [-0.3, -0.25) is 14.5 Å². The van der Waals surface area contributed by atoms with Gasteiger partial charge < -0.3 is 5.32 Å². The average Bonchev–Trinajstić information content (AvgIpc) is 2.83. The number of fused-ring (bicyclic) bond motifs is 1. The van der Waals surface area contributed by atoms with Crippen LogP contribution in [0.5, 0.6) is 0 Å². The van der Waals surface area contributed by atoms with Gasteiger partial charge in [0.15, 0.2) is 0 Å². The third-order valence-electron chi connectivity index (χ3n) is 2.90. The molecule has 0 saturated heterocycles. The molecule has 1 N–H and O–H groups in total. The largest absolute Gasteiger partial charge is 0.349 e. The third kappa shape index (κ3) is 2.50. The summed E-state index contributed by atoms with van der Waals surface area (Å²) in [5.41, 5.74) is 2.41. The number of rotatable bonds is 1. The van der Waals surface area contributed by atoms with Gasteiger partial charge in [-0.15, -0.1) is 0 Å². The second-order valence-corrected chi connectivity index (χ2v) is 4.03. The van der Waals surface area contributed by atoms with Crippen LogP contribution in [0.2, 0.25) is 0 Å². The van der Waals surface area contributed by atoms with Gasteiger partial charge in [-0.05, 0) is 12.1 Å². The molecule has 1 aliphatic heterocycles. The smallest absolute Gasteiger partial charge is 0.270 e. The highest BCUT2D eigenvalue weighted by Gasteiger charge is 2.17. The fourth-order valence-electron chi connectivity index (χ4n) is 2.03. The summed E-state index contributed by atoms with van der Waals surface area (Å²) in [6.45, 7) is 5.27. The van der Waals surface area contributed by atoms with E-state index in [0.717, 1.165) is 16.5 Å². The molecule has 0 atom stereocenters. The summed E-state index contributed by atoms with van der Waals surface area (Å²) in [5, 5.41) is 7.99. The summed E-state index contributed by atoms with van der Waals surface area (Å²) in [4.78, 5) is 15.9. The zero-order valence-corrected chi connectivity index (χ0v) is 11.5. The molecule has 100 valence electrons. The molecule has 1 aromatic carbocycles. The van der Waals surface area contributed by atoms with Gasteiger partial charge >= 0.3 is 0 Å². The fourth-order valence-corrected chi connectivity index (χ4v) is 2.03. The van der Waals surface area contributed by atoms with Crippen LogP contribution in [0.15, 0.2) is 29.4 Å². The Bertz CT molecular complexity index is 627. The standard InChI is InChI=1S/C12H12N4O.C2H6/c1-16-10-3-2-8(6-9(10)7-15-16)11-12(17)14-5-4-13-11;1-2/h2-3,6-7H,4-5H2,1H3,(H,14,17);1-2H3. The van der Waals surface area contributed by atoms with Crippen molar-refractivity contribution < 1.29 is 4.79 Å². The minimum atomic E-state index is -0.0977. The number of hydrogen-bond acceptors (Lipinski definition) is 3. The molecular formula is C14H18N4O. The van der Waals surface area contributed by atoms with Crippen LogP contribution in [0.25, 0.3) is 10.9 Å². The van der Waals surface area contributed by atoms with Gasteiger partial charge in [-0.25, -0.2) is 0 Å². The predicted molar refractivity (Wildman–Crippen MR) is 76.5 cm³/mol. The van der Waals surface area contributed by atoms with Gasteiger partial charge in [-0.2, -0.15) is 5.10 Å². The first-order valence-corrected chi connectivity index (χ1v) is 6.50. The maximum Gasteiger partial charge on any atom is 0.270 e. The van der Waals surface area contributed by atoms with Crippen LogP contribution in [0.4, 0.5) is 0 Å². The van der Waals surface area contributed by atoms with E-state index in [1.54, 1.807) is 6.20 Å². The number of carbonyl (C=O) groups is 1. The van der Waals surface area contributed by atoms with E-state index in [1.807, 2.05) is 43.8 Å². The number of aliphatic imine (C=N–C) groups is 1. The molecule has 2 heterocycles. The van der Waals surface area contributed by atoms with Crippen molar-refractivity contribution in [2.24, 2.45) is 12.0 Å². The van der Waals surface area contributed by atoms with Crippen molar-refractivity contribution >= 4 is 22.5 Å². The normalized spacial score (nSPS) is 14.5. The van der Waals surface area contributed by atoms with Gasteiger partial charge in [0.05, 0.1) is 18.3 Å². The molecule has 0 bridgehead atoms. The molecule has 5 nitrogen and oxygen atoms in total. The van der Waals surface area contributed by atoms with E-state index in [4.69, 9.17) is 0 Å². The highest BCUT2D eigenvalue weighted by atomic mass is 16.2. The Labute approximate surface area is 112 Å². The van der Waals surface area contributed by atoms with Crippen molar-refractivity contribution in [1.82, 2.24) is 15.1 Å². The predicted octanol–water partition coefficient (Wildman–Crippen LogP) is 1.52. The minimum absolute atomic E-state index is 0.0977. The number of nitrogens with zero attached hydrogens (tertiary/aromatic N) is 3. The van der Waals surface area contributed by atoms with Crippen molar-refractivity contribution in [1.29, 1.82) is 0 Å². The van der Waals surface area contributed by atoms with Crippen LogP contribution in [0, 0.1) is 0 Å². The average molecular weight is 258 g/mol. The number of nitrogens with one attached hydrogen (secondary N) is 1. The van der Waals surface area contributed by atoms with E-state index in [-0.39, 0.29) is 5.91 Å². The zero-order chi connectivity index (χ0) is 13.8. The van der Waals surface area contributed by atoms with E-state index in [1.165, 1.54) is 0 Å². The Morgan fingerprint density at radius 2 is 2.11 bits per heavy atom. The molecule has 0 fully saturated rings. The van der Waals surface area contributed by atoms with E-state index in [2.05, 4.69) is 15.4 Å². The summed E-state index contributed by atoms with van der Waals surface area (Å²) in [6, 6.07) is 5.82. The molecule has 1 aliphatic rings. The molecule has 0 spiro atoms. The van der Waals surface area contributed by atoms with Crippen LogP contribution in [-0.4, -0.2) is 34.5 Å². The van der Waals surface area contributed by atoms with Gasteiger partial charge in [0.2, 0.25) is 0 Å². The number of benzene rings is 1. The fraction of sp³-hybridized carbons (Fsp3) is 0.357. The van der Waals surface area contributed by atoms with Crippen LogP contribution >= 0.6 is 0 Å². The first-order chi connectivity index (χ1) is 9.25. The van der Waals surface area contributed by atoms with Crippen LogP contribution in [-0.2, 0) is 11.8 Å².